The average Bonchev–Trinajstić information content (AvgIpc) is 2.72. The van der Waals surface area contributed by atoms with Crippen molar-refractivity contribution in [2.24, 2.45) is 0 Å². The monoisotopic (exact) mass is 510 g/mol. The minimum Gasteiger partial charge on any atom is -0.0843 e. The van der Waals surface area contributed by atoms with Crippen LogP contribution < -0.4 is 21.2 Å². The molecule has 0 radical (unpaired) electrons. The summed E-state index contributed by atoms with van der Waals surface area (Å²) < 4.78 is 27.3. The number of rotatable bonds is 4. The standard InChI is InChI=1S/C22H12Cl4O2P2/c23-14-6-9-19(17(25)11-14)29(27)21-8-5-13-3-1-2-4-16(13)22(21)30(28)20-10-7-15(24)12-18(20)26/h1-12H/q+2. The van der Waals surface area contributed by atoms with Crippen molar-refractivity contribution in [3.63, 3.8) is 0 Å². The van der Waals surface area contributed by atoms with Crippen LogP contribution in [0.1, 0.15) is 0 Å². The maximum absolute atomic E-state index is 13.7. The number of benzene rings is 4. The van der Waals surface area contributed by atoms with Crippen LogP contribution in [0.5, 0.6) is 0 Å². The zero-order valence-corrected chi connectivity index (χ0v) is 20.0. The van der Waals surface area contributed by atoms with Gasteiger partial charge in [0.15, 0.2) is 0 Å². The van der Waals surface area contributed by atoms with Gasteiger partial charge in [0.05, 0.1) is 10.0 Å². The van der Waals surface area contributed by atoms with E-state index in [1.54, 1.807) is 42.5 Å². The van der Waals surface area contributed by atoms with Gasteiger partial charge < -0.3 is 0 Å². The molecule has 0 spiro atoms. The molecule has 148 valence electrons. The van der Waals surface area contributed by atoms with Crippen molar-refractivity contribution in [1.82, 2.24) is 0 Å². The highest BCUT2D eigenvalue weighted by Gasteiger charge is 2.41. The fourth-order valence-corrected chi connectivity index (χ4v) is 7.65. The van der Waals surface area contributed by atoms with Crippen molar-refractivity contribution >= 4 is 94.0 Å². The van der Waals surface area contributed by atoms with Crippen molar-refractivity contribution in [2.75, 3.05) is 0 Å². The highest BCUT2D eigenvalue weighted by molar-refractivity contribution is 7.68. The Labute approximate surface area is 195 Å². The van der Waals surface area contributed by atoms with Crippen molar-refractivity contribution in [3.8, 4) is 0 Å². The molecule has 0 amide bonds. The van der Waals surface area contributed by atoms with Gasteiger partial charge in [-0.3, -0.25) is 0 Å². The third kappa shape index (κ3) is 4.14. The van der Waals surface area contributed by atoms with Gasteiger partial charge in [0.25, 0.3) is 5.30 Å². The van der Waals surface area contributed by atoms with Gasteiger partial charge in [-0.1, -0.05) is 73.7 Å². The summed E-state index contributed by atoms with van der Waals surface area (Å²) in [5.41, 5.74) is 0. The van der Waals surface area contributed by atoms with Gasteiger partial charge in [0.2, 0.25) is 15.9 Å². The Kier molecular flexibility index (Phi) is 6.47. The van der Waals surface area contributed by atoms with E-state index in [1.807, 2.05) is 30.3 Å². The number of fused-ring (bicyclic) bond motifs is 1. The Morgan fingerprint density at radius 3 is 1.70 bits per heavy atom. The molecule has 30 heavy (non-hydrogen) atoms. The SMILES string of the molecule is O=[P+](c1ccc(Cl)cc1Cl)c1ccc2ccccc2c1[P+](=O)c1ccc(Cl)cc1Cl. The molecule has 0 aliphatic carbocycles. The number of halogens is 4. The van der Waals surface area contributed by atoms with Crippen LogP contribution in [-0.2, 0) is 9.13 Å². The second-order valence-electron chi connectivity index (χ2n) is 6.43. The smallest absolute Gasteiger partial charge is 0.0843 e. The van der Waals surface area contributed by atoms with Crippen molar-refractivity contribution < 1.29 is 9.13 Å². The Hall–Kier alpha value is -1.50. The second-order valence-corrected chi connectivity index (χ2v) is 11.2. The molecule has 0 saturated heterocycles. The van der Waals surface area contributed by atoms with E-state index in [0.29, 0.717) is 41.3 Å². The van der Waals surface area contributed by atoms with Gasteiger partial charge in [0, 0.05) is 15.4 Å². The van der Waals surface area contributed by atoms with E-state index >= 15 is 0 Å². The van der Waals surface area contributed by atoms with Crippen LogP contribution in [0.3, 0.4) is 0 Å². The molecular formula is C22H12Cl4O2P2+2. The predicted molar refractivity (Wildman–Crippen MR) is 131 cm³/mol. The van der Waals surface area contributed by atoms with Crippen LogP contribution in [0.15, 0.2) is 72.8 Å². The van der Waals surface area contributed by atoms with E-state index in [1.165, 1.54) is 0 Å². The molecule has 0 aromatic heterocycles. The molecule has 4 aromatic rings. The summed E-state index contributed by atoms with van der Waals surface area (Å²) in [6, 6.07) is 20.7. The number of hydrogen-bond acceptors (Lipinski definition) is 2. The lowest BCUT2D eigenvalue weighted by atomic mass is 10.1. The van der Waals surface area contributed by atoms with Gasteiger partial charge in [-0.15, -0.1) is 0 Å². The van der Waals surface area contributed by atoms with Gasteiger partial charge in [-0.05, 0) is 60.0 Å². The fourth-order valence-electron chi connectivity index (χ4n) is 3.16. The predicted octanol–water partition coefficient (Wildman–Crippen LogP) is 7.01. The molecule has 0 fully saturated rings. The molecule has 0 aliphatic rings. The first-order valence-corrected chi connectivity index (χ1v) is 12.8. The lowest BCUT2D eigenvalue weighted by Gasteiger charge is -2.02. The van der Waals surface area contributed by atoms with Crippen LogP contribution in [0.25, 0.3) is 10.8 Å². The topological polar surface area (TPSA) is 34.1 Å². The quantitative estimate of drug-likeness (QED) is 0.276. The van der Waals surface area contributed by atoms with Gasteiger partial charge in [-0.2, -0.15) is 0 Å². The maximum Gasteiger partial charge on any atom is 0.422 e. The first-order valence-electron chi connectivity index (χ1n) is 8.73. The van der Waals surface area contributed by atoms with Crippen LogP contribution in [0, 0.1) is 0 Å². The minimum atomic E-state index is -2.16. The van der Waals surface area contributed by atoms with Gasteiger partial charge >= 0.3 is 15.6 Å². The van der Waals surface area contributed by atoms with E-state index in [0.717, 1.165) is 10.8 Å². The molecule has 2 nitrogen and oxygen atoms in total. The molecule has 0 heterocycles. The molecule has 0 saturated carbocycles. The highest BCUT2D eigenvalue weighted by Crippen LogP contribution is 2.34. The lowest BCUT2D eigenvalue weighted by molar-refractivity contribution is 0.596. The number of hydrogen-bond donors (Lipinski definition) is 0. The summed E-state index contributed by atoms with van der Waals surface area (Å²) >= 11 is 24.6. The van der Waals surface area contributed by atoms with Crippen LogP contribution >= 0.6 is 62.0 Å². The van der Waals surface area contributed by atoms with Crippen molar-refractivity contribution in [2.45, 2.75) is 0 Å². The normalized spacial score (nSPS) is 12.1. The molecule has 2 atom stereocenters. The third-order valence-corrected chi connectivity index (χ3v) is 9.45. The maximum atomic E-state index is 13.7. The summed E-state index contributed by atoms with van der Waals surface area (Å²) in [5, 5.41) is 4.89. The fraction of sp³-hybridized carbons (Fsp3) is 0. The Morgan fingerprint density at radius 1 is 0.567 bits per heavy atom. The van der Waals surface area contributed by atoms with E-state index in [9.17, 15) is 9.13 Å². The molecule has 0 N–H and O–H groups in total. The molecule has 8 heteroatoms. The summed E-state index contributed by atoms with van der Waals surface area (Å²) in [4.78, 5) is 0. The van der Waals surface area contributed by atoms with E-state index < -0.39 is 15.6 Å². The molecular weight excluding hydrogens is 500 g/mol. The van der Waals surface area contributed by atoms with Crippen LogP contribution in [0.4, 0.5) is 0 Å². The van der Waals surface area contributed by atoms with Crippen LogP contribution in [0.2, 0.25) is 20.1 Å². The zero-order valence-electron chi connectivity index (χ0n) is 15.2. The highest BCUT2D eigenvalue weighted by atomic mass is 35.5. The largest absolute Gasteiger partial charge is 0.422 e. The summed E-state index contributed by atoms with van der Waals surface area (Å²) in [5.74, 6) is 0. The van der Waals surface area contributed by atoms with Gasteiger partial charge in [0.1, 0.15) is 0 Å². The molecule has 2 unspecified atom stereocenters. The van der Waals surface area contributed by atoms with E-state index in [2.05, 4.69) is 0 Å². The average molecular weight is 512 g/mol. The first-order chi connectivity index (χ1) is 14.4. The minimum absolute atomic E-state index is 0.294. The third-order valence-electron chi connectivity index (χ3n) is 4.56. The first kappa shape index (κ1) is 21.7. The molecule has 4 aromatic carbocycles. The summed E-state index contributed by atoms with van der Waals surface area (Å²) in [6.45, 7) is 0. The summed E-state index contributed by atoms with van der Waals surface area (Å²) in [7, 11) is -4.29. The molecule has 0 bridgehead atoms. The Bertz CT molecular complexity index is 1340. The van der Waals surface area contributed by atoms with Crippen LogP contribution in [-0.4, -0.2) is 0 Å². The van der Waals surface area contributed by atoms with Gasteiger partial charge in [-0.25, -0.2) is 0 Å². The Morgan fingerprint density at radius 2 is 1.10 bits per heavy atom. The summed E-state index contributed by atoms with van der Waals surface area (Å²) in [6.07, 6.45) is 0. The van der Waals surface area contributed by atoms with Crippen molar-refractivity contribution in [1.29, 1.82) is 0 Å². The van der Waals surface area contributed by atoms with E-state index in [4.69, 9.17) is 46.4 Å². The second kappa shape index (κ2) is 8.93. The zero-order chi connectivity index (χ0) is 21.4. The van der Waals surface area contributed by atoms with Crippen molar-refractivity contribution in [3.05, 3.63) is 92.9 Å². The molecule has 0 aliphatic heterocycles. The molecule has 4 rings (SSSR count). The Balaban J connectivity index is 1.97. The van der Waals surface area contributed by atoms with E-state index in [-0.39, 0.29) is 0 Å². The lowest BCUT2D eigenvalue weighted by Crippen LogP contribution is -2.25.